The molecule has 1 saturated carbocycles. The molecule has 1 aliphatic carbocycles. The Morgan fingerprint density at radius 2 is 1.85 bits per heavy atom. The Bertz CT molecular complexity index is 905. The molecule has 0 bridgehead atoms. The first kappa shape index (κ1) is 17.1. The Morgan fingerprint density at radius 3 is 2.58 bits per heavy atom. The van der Waals surface area contributed by atoms with E-state index >= 15 is 0 Å². The minimum Gasteiger partial charge on any atom is -0.328 e. The smallest absolute Gasteiger partial charge is 0.126 e. The summed E-state index contributed by atoms with van der Waals surface area (Å²) in [5, 5.41) is 4.54. The average Bonchev–Trinajstić information content (AvgIpc) is 2.65. The van der Waals surface area contributed by atoms with Gasteiger partial charge in [0.2, 0.25) is 0 Å². The topological polar surface area (TPSA) is 50.9 Å². The summed E-state index contributed by atoms with van der Waals surface area (Å²) in [5.41, 5.74) is 7.05. The molecular weight excluding hydrogens is 332 g/mol. The van der Waals surface area contributed by atoms with Crippen LogP contribution in [0.1, 0.15) is 30.0 Å². The van der Waals surface area contributed by atoms with Crippen LogP contribution in [-0.4, -0.2) is 23.2 Å². The van der Waals surface area contributed by atoms with E-state index in [-0.39, 0.29) is 24.4 Å². The molecule has 3 nitrogen and oxygen atoms in total. The highest BCUT2D eigenvalue weighted by molar-refractivity contribution is 5.79. The van der Waals surface area contributed by atoms with Crippen molar-refractivity contribution in [2.75, 3.05) is 6.54 Å². The lowest BCUT2D eigenvalue weighted by atomic mass is 9.76. The molecule has 2 aromatic carbocycles. The summed E-state index contributed by atoms with van der Waals surface area (Å²) in [6.45, 7) is 0.0456. The Morgan fingerprint density at radius 1 is 1.12 bits per heavy atom. The van der Waals surface area contributed by atoms with Gasteiger partial charge in [-0.1, -0.05) is 30.3 Å². The van der Waals surface area contributed by atoms with E-state index in [0.717, 1.165) is 22.0 Å². The van der Waals surface area contributed by atoms with Crippen LogP contribution in [0.3, 0.4) is 0 Å². The maximum absolute atomic E-state index is 14.2. The van der Waals surface area contributed by atoms with E-state index in [2.05, 4.69) is 16.4 Å². The summed E-state index contributed by atoms with van der Waals surface area (Å²) in [5.74, 6) is -0.279. The normalized spacial score (nSPS) is 23.6. The van der Waals surface area contributed by atoms with Gasteiger partial charge in [0.1, 0.15) is 11.5 Å². The van der Waals surface area contributed by atoms with Crippen molar-refractivity contribution in [1.82, 2.24) is 10.3 Å². The van der Waals surface area contributed by atoms with Gasteiger partial charge in [0, 0.05) is 24.2 Å². The first-order chi connectivity index (χ1) is 12.6. The molecule has 1 atom stereocenters. The van der Waals surface area contributed by atoms with Gasteiger partial charge >= 0.3 is 0 Å². The van der Waals surface area contributed by atoms with Gasteiger partial charge in [0.15, 0.2) is 0 Å². The maximum atomic E-state index is 14.2. The zero-order chi connectivity index (χ0) is 18.1. The fourth-order valence-corrected chi connectivity index (χ4v) is 3.63. The summed E-state index contributed by atoms with van der Waals surface area (Å²) < 4.78 is 27.5. The third kappa shape index (κ3) is 3.32. The number of para-hydroxylation sites is 1. The van der Waals surface area contributed by atoms with Crippen molar-refractivity contribution in [3.63, 3.8) is 0 Å². The number of alkyl halides is 1. The fourth-order valence-electron chi connectivity index (χ4n) is 3.63. The maximum Gasteiger partial charge on any atom is 0.126 e. The van der Waals surface area contributed by atoms with Crippen molar-refractivity contribution >= 4 is 10.9 Å². The van der Waals surface area contributed by atoms with Gasteiger partial charge in [-0.15, -0.1) is 0 Å². The van der Waals surface area contributed by atoms with Gasteiger partial charge in [-0.3, -0.25) is 4.98 Å². The molecule has 0 spiro atoms. The molecule has 1 unspecified atom stereocenters. The third-order valence-electron chi connectivity index (χ3n) is 5.14. The van der Waals surface area contributed by atoms with E-state index in [4.69, 9.17) is 5.73 Å². The van der Waals surface area contributed by atoms with Gasteiger partial charge < -0.3 is 11.1 Å². The second kappa shape index (κ2) is 6.74. The molecule has 0 radical (unpaired) electrons. The number of nitrogens with one attached hydrogen (secondary N) is 1. The number of nitrogens with zero attached hydrogens (tertiary/aromatic N) is 1. The fraction of sp³-hybridized carbons (Fsp3) is 0.286. The van der Waals surface area contributed by atoms with E-state index in [1.165, 1.54) is 12.1 Å². The molecule has 0 aliphatic heterocycles. The molecular formula is C21H21F2N3. The van der Waals surface area contributed by atoms with E-state index < -0.39 is 5.67 Å². The van der Waals surface area contributed by atoms with Gasteiger partial charge in [-0.05, 0) is 48.2 Å². The lowest BCUT2D eigenvalue weighted by Crippen LogP contribution is -2.55. The van der Waals surface area contributed by atoms with Crippen LogP contribution < -0.4 is 11.1 Å². The minimum absolute atomic E-state index is 0.0325. The Kier molecular flexibility index (Phi) is 4.42. The van der Waals surface area contributed by atoms with Crippen LogP contribution in [-0.2, 0) is 0 Å². The van der Waals surface area contributed by atoms with Crippen LogP contribution in [0.25, 0.3) is 10.9 Å². The lowest BCUT2D eigenvalue weighted by molar-refractivity contribution is 0.0347. The van der Waals surface area contributed by atoms with E-state index in [0.29, 0.717) is 12.8 Å². The van der Waals surface area contributed by atoms with E-state index in [1.807, 2.05) is 30.5 Å². The highest BCUT2D eigenvalue weighted by Gasteiger charge is 2.44. The highest BCUT2D eigenvalue weighted by atomic mass is 19.1. The second-order valence-electron chi connectivity index (χ2n) is 7.07. The van der Waals surface area contributed by atoms with Crippen LogP contribution in [0.5, 0.6) is 0 Å². The number of hydrogen-bond donors (Lipinski definition) is 2. The molecule has 4 rings (SSSR count). The molecule has 0 amide bonds. The number of aromatic nitrogens is 1. The van der Waals surface area contributed by atoms with Crippen molar-refractivity contribution in [2.45, 2.75) is 30.6 Å². The van der Waals surface area contributed by atoms with Crippen LogP contribution in [0.4, 0.5) is 8.78 Å². The van der Waals surface area contributed by atoms with Crippen LogP contribution in [0.2, 0.25) is 0 Å². The van der Waals surface area contributed by atoms with Crippen molar-refractivity contribution in [3.8, 4) is 0 Å². The number of fused-ring (bicyclic) bond motifs is 1. The highest BCUT2D eigenvalue weighted by Crippen LogP contribution is 2.37. The lowest BCUT2D eigenvalue weighted by Gasteiger charge is -2.43. The summed E-state index contributed by atoms with van der Waals surface area (Å²) in [6, 6.07) is 16.2. The molecule has 134 valence electrons. The standard InChI is InChI=1S/C21H21F2N3/c22-17-7-5-14(6-8-17)20(26-18-10-21(23,11-18)13-24)16-9-15-3-1-2-4-19(15)25-12-16/h1-9,12,18,20,26H,10-11,13,24H2. The Hall–Kier alpha value is -2.37. The zero-order valence-corrected chi connectivity index (χ0v) is 14.3. The summed E-state index contributed by atoms with van der Waals surface area (Å²) in [4.78, 5) is 4.53. The van der Waals surface area contributed by atoms with Gasteiger partial charge in [-0.2, -0.15) is 0 Å². The number of rotatable bonds is 5. The van der Waals surface area contributed by atoms with Crippen LogP contribution in [0, 0.1) is 5.82 Å². The van der Waals surface area contributed by atoms with Crippen LogP contribution in [0.15, 0.2) is 60.8 Å². The van der Waals surface area contributed by atoms with Crippen LogP contribution >= 0.6 is 0 Å². The Balaban J connectivity index is 1.66. The molecule has 0 saturated heterocycles. The van der Waals surface area contributed by atoms with Crippen molar-refractivity contribution < 1.29 is 8.78 Å². The minimum atomic E-state index is -1.27. The molecule has 1 heterocycles. The number of nitrogens with two attached hydrogens (primary N) is 1. The summed E-state index contributed by atoms with van der Waals surface area (Å²) in [7, 11) is 0. The first-order valence-corrected chi connectivity index (χ1v) is 8.81. The van der Waals surface area contributed by atoms with Gasteiger partial charge in [0.25, 0.3) is 0 Å². The third-order valence-corrected chi connectivity index (χ3v) is 5.14. The summed E-state index contributed by atoms with van der Waals surface area (Å²) in [6.07, 6.45) is 2.61. The molecule has 3 aromatic rings. The van der Waals surface area contributed by atoms with Crippen molar-refractivity contribution in [1.29, 1.82) is 0 Å². The number of hydrogen-bond acceptors (Lipinski definition) is 3. The van der Waals surface area contributed by atoms with Crippen molar-refractivity contribution in [3.05, 3.63) is 77.7 Å². The first-order valence-electron chi connectivity index (χ1n) is 8.81. The van der Waals surface area contributed by atoms with E-state index in [1.54, 1.807) is 12.1 Å². The second-order valence-corrected chi connectivity index (χ2v) is 7.07. The molecule has 26 heavy (non-hydrogen) atoms. The molecule has 1 aliphatic rings. The number of pyridine rings is 1. The van der Waals surface area contributed by atoms with Crippen molar-refractivity contribution in [2.24, 2.45) is 5.73 Å². The van der Waals surface area contributed by atoms with Gasteiger partial charge in [0.05, 0.1) is 11.6 Å². The zero-order valence-electron chi connectivity index (χ0n) is 14.3. The van der Waals surface area contributed by atoms with E-state index in [9.17, 15) is 8.78 Å². The predicted molar refractivity (Wildman–Crippen MR) is 99.0 cm³/mol. The average molecular weight is 353 g/mol. The summed E-state index contributed by atoms with van der Waals surface area (Å²) >= 11 is 0. The molecule has 1 aromatic heterocycles. The molecule has 1 fully saturated rings. The monoisotopic (exact) mass is 353 g/mol. The quantitative estimate of drug-likeness (QED) is 0.732. The molecule has 3 N–H and O–H groups in total. The number of halogens is 2. The van der Waals surface area contributed by atoms with Gasteiger partial charge in [-0.25, -0.2) is 8.78 Å². The molecule has 5 heteroatoms. The predicted octanol–water partition coefficient (Wildman–Crippen LogP) is 3.88. The SMILES string of the molecule is NCC1(F)CC(NC(c2ccc(F)cc2)c2cnc3ccccc3c2)C1. The Labute approximate surface area is 151 Å². The number of benzene rings is 2. The largest absolute Gasteiger partial charge is 0.328 e.